The van der Waals surface area contributed by atoms with E-state index in [1.807, 2.05) is 30.3 Å². The highest BCUT2D eigenvalue weighted by atomic mass is 79.9. The maximum absolute atomic E-state index is 12.7. The van der Waals surface area contributed by atoms with E-state index < -0.39 is 0 Å². The van der Waals surface area contributed by atoms with E-state index in [0.717, 1.165) is 5.56 Å². The second-order valence-electron chi connectivity index (χ2n) is 5.05. The van der Waals surface area contributed by atoms with Crippen LogP contribution in [0.25, 0.3) is 11.3 Å². The van der Waals surface area contributed by atoms with Gasteiger partial charge < -0.3 is 9.64 Å². The number of methoxy groups -OCH3 is 1. The Hall–Kier alpha value is -2.67. The number of pyridine rings is 1. The number of nitrogens with zero attached hydrogens (tertiary/aromatic N) is 3. The van der Waals surface area contributed by atoms with Crippen LogP contribution in [0.15, 0.2) is 53.1 Å². The molecule has 7 heteroatoms. The Morgan fingerprint density at radius 2 is 1.96 bits per heavy atom. The number of hydrogen-bond acceptors (Lipinski definition) is 4. The maximum Gasteiger partial charge on any atom is 0.277 e. The lowest BCUT2D eigenvalue weighted by Gasteiger charge is -2.16. The molecule has 6 nitrogen and oxygen atoms in total. The molecule has 0 spiro atoms. The number of ether oxygens (including phenoxy) is 1. The molecule has 0 saturated carbocycles. The molecule has 0 aliphatic heterocycles. The second kappa shape index (κ2) is 6.84. The third kappa shape index (κ3) is 3.03. The molecule has 0 fully saturated rings. The van der Waals surface area contributed by atoms with E-state index in [4.69, 9.17) is 4.74 Å². The highest BCUT2D eigenvalue weighted by Gasteiger charge is 2.22. The molecular formula is C17H15BrN4O2. The lowest BCUT2D eigenvalue weighted by Crippen LogP contribution is -2.27. The van der Waals surface area contributed by atoms with Crippen molar-refractivity contribution in [2.24, 2.45) is 0 Å². The van der Waals surface area contributed by atoms with Crippen molar-refractivity contribution in [2.45, 2.75) is 0 Å². The highest BCUT2D eigenvalue weighted by molar-refractivity contribution is 9.10. The third-order valence-electron chi connectivity index (χ3n) is 3.59. The van der Waals surface area contributed by atoms with Crippen LogP contribution in [-0.4, -0.2) is 35.2 Å². The van der Waals surface area contributed by atoms with E-state index in [2.05, 4.69) is 31.1 Å². The Kier molecular flexibility index (Phi) is 4.61. The lowest BCUT2D eigenvalue weighted by molar-refractivity contribution is 0.0987. The quantitative estimate of drug-likeness (QED) is 0.744. The first-order valence-electron chi connectivity index (χ1n) is 7.19. The summed E-state index contributed by atoms with van der Waals surface area (Å²) in [6, 6.07) is 13.1. The van der Waals surface area contributed by atoms with Crippen molar-refractivity contribution in [1.29, 1.82) is 0 Å². The van der Waals surface area contributed by atoms with Crippen molar-refractivity contribution in [2.75, 3.05) is 19.1 Å². The smallest absolute Gasteiger partial charge is 0.277 e. The van der Waals surface area contributed by atoms with Crippen LogP contribution in [0.2, 0.25) is 0 Å². The monoisotopic (exact) mass is 386 g/mol. The Labute approximate surface area is 147 Å². The number of aromatic nitrogens is 3. The number of halogens is 1. The standard InChI is InChI=1S/C17H15BrN4O2/c1-22(12-8-9-13(24-2)19-10-12)17(23)16-14(18)15(20-21-16)11-6-4-3-5-7-11/h3-10H,1-2H3,(H,20,21). The third-order valence-corrected chi connectivity index (χ3v) is 4.36. The topological polar surface area (TPSA) is 71.1 Å². The summed E-state index contributed by atoms with van der Waals surface area (Å²) >= 11 is 3.48. The van der Waals surface area contributed by atoms with Crippen molar-refractivity contribution in [3.05, 3.63) is 58.8 Å². The van der Waals surface area contributed by atoms with Gasteiger partial charge in [-0.3, -0.25) is 9.89 Å². The summed E-state index contributed by atoms with van der Waals surface area (Å²) < 4.78 is 5.66. The summed E-state index contributed by atoms with van der Waals surface area (Å²) in [7, 11) is 3.23. The van der Waals surface area contributed by atoms with Gasteiger partial charge in [-0.05, 0) is 22.0 Å². The van der Waals surface area contributed by atoms with E-state index >= 15 is 0 Å². The minimum absolute atomic E-state index is 0.219. The average molecular weight is 387 g/mol. The Balaban J connectivity index is 1.88. The molecular weight excluding hydrogens is 372 g/mol. The normalized spacial score (nSPS) is 10.5. The van der Waals surface area contributed by atoms with Gasteiger partial charge in [0, 0.05) is 18.7 Å². The van der Waals surface area contributed by atoms with Crippen LogP contribution in [0, 0.1) is 0 Å². The zero-order valence-electron chi connectivity index (χ0n) is 13.2. The number of amides is 1. The van der Waals surface area contributed by atoms with Crippen LogP contribution in [0.3, 0.4) is 0 Å². The van der Waals surface area contributed by atoms with Gasteiger partial charge in [-0.2, -0.15) is 5.10 Å². The van der Waals surface area contributed by atoms with Crippen molar-refractivity contribution < 1.29 is 9.53 Å². The summed E-state index contributed by atoms with van der Waals surface area (Å²) in [4.78, 5) is 18.3. The van der Waals surface area contributed by atoms with Crippen LogP contribution in [0.4, 0.5) is 5.69 Å². The first kappa shape index (κ1) is 16.2. The predicted molar refractivity (Wildman–Crippen MR) is 95.2 cm³/mol. The molecule has 0 aliphatic carbocycles. The molecule has 2 heterocycles. The van der Waals surface area contributed by atoms with Crippen molar-refractivity contribution in [3.63, 3.8) is 0 Å². The van der Waals surface area contributed by atoms with Gasteiger partial charge in [-0.15, -0.1) is 0 Å². The summed E-state index contributed by atoms with van der Waals surface area (Å²) in [6.45, 7) is 0. The Morgan fingerprint density at radius 1 is 1.21 bits per heavy atom. The van der Waals surface area contributed by atoms with E-state index in [1.54, 1.807) is 32.5 Å². The molecule has 0 radical (unpaired) electrons. The fraction of sp³-hybridized carbons (Fsp3) is 0.118. The van der Waals surface area contributed by atoms with Gasteiger partial charge in [-0.1, -0.05) is 30.3 Å². The lowest BCUT2D eigenvalue weighted by atomic mass is 10.1. The molecule has 0 bridgehead atoms. The van der Waals surface area contributed by atoms with Gasteiger partial charge in [0.05, 0.1) is 23.5 Å². The number of carbonyl (C=O) groups is 1. The van der Waals surface area contributed by atoms with Crippen molar-refractivity contribution in [3.8, 4) is 17.1 Å². The van der Waals surface area contributed by atoms with Crippen LogP contribution in [0.5, 0.6) is 5.88 Å². The molecule has 1 N–H and O–H groups in total. The van der Waals surface area contributed by atoms with Gasteiger partial charge in [0.1, 0.15) is 11.4 Å². The number of aromatic amines is 1. The van der Waals surface area contributed by atoms with E-state index in [1.165, 1.54) is 4.90 Å². The van der Waals surface area contributed by atoms with Crippen molar-refractivity contribution in [1.82, 2.24) is 15.2 Å². The molecule has 0 unspecified atom stereocenters. The number of rotatable bonds is 4. The summed E-state index contributed by atoms with van der Waals surface area (Å²) in [5, 5.41) is 7.07. The van der Waals surface area contributed by atoms with Crippen LogP contribution in [-0.2, 0) is 0 Å². The molecule has 2 aromatic heterocycles. The molecule has 3 aromatic rings. The summed E-state index contributed by atoms with van der Waals surface area (Å²) in [6.07, 6.45) is 1.58. The first-order valence-corrected chi connectivity index (χ1v) is 7.98. The van der Waals surface area contributed by atoms with E-state index in [-0.39, 0.29) is 5.91 Å². The summed E-state index contributed by atoms with van der Waals surface area (Å²) in [5.74, 6) is 0.275. The number of carbonyl (C=O) groups excluding carboxylic acids is 1. The molecule has 3 rings (SSSR count). The minimum atomic E-state index is -0.219. The van der Waals surface area contributed by atoms with Gasteiger partial charge >= 0.3 is 0 Å². The van der Waals surface area contributed by atoms with Gasteiger partial charge in [0.2, 0.25) is 5.88 Å². The van der Waals surface area contributed by atoms with E-state index in [0.29, 0.717) is 27.4 Å². The minimum Gasteiger partial charge on any atom is -0.481 e. The molecule has 0 atom stereocenters. The van der Waals surface area contributed by atoms with Gasteiger partial charge in [0.25, 0.3) is 5.91 Å². The average Bonchev–Trinajstić information content (AvgIpc) is 3.02. The number of anilines is 1. The Morgan fingerprint density at radius 3 is 2.58 bits per heavy atom. The number of hydrogen-bond donors (Lipinski definition) is 1. The summed E-state index contributed by atoms with van der Waals surface area (Å²) in [5.41, 5.74) is 2.66. The van der Waals surface area contributed by atoms with Gasteiger partial charge in [-0.25, -0.2) is 4.98 Å². The number of benzene rings is 1. The molecule has 0 aliphatic rings. The van der Waals surface area contributed by atoms with Crippen molar-refractivity contribution >= 4 is 27.5 Å². The maximum atomic E-state index is 12.7. The molecule has 0 saturated heterocycles. The molecule has 1 aromatic carbocycles. The van der Waals surface area contributed by atoms with E-state index in [9.17, 15) is 4.79 Å². The van der Waals surface area contributed by atoms with Crippen LogP contribution >= 0.6 is 15.9 Å². The SMILES string of the molecule is COc1ccc(N(C)C(=O)c2[nH]nc(-c3ccccc3)c2Br)cn1. The zero-order chi connectivity index (χ0) is 17.1. The fourth-order valence-electron chi connectivity index (χ4n) is 2.23. The zero-order valence-corrected chi connectivity index (χ0v) is 14.7. The first-order chi connectivity index (χ1) is 11.6. The molecule has 122 valence electrons. The second-order valence-corrected chi connectivity index (χ2v) is 5.84. The number of nitrogens with one attached hydrogen (secondary N) is 1. The molecule has 1 amide bonds. The highest BCUT2D eigenvalue weighted by Crippen LogP contribution is 2.30. The number of H-pyrrole nitrogens is 1. The van der Waals surface area contributed by atoms with Gasteiger partial charge in [0.15, 0.2) is 0 Å². The largest absolute Gasteiger partial charge is 0.481 e. The van der Waals surface area contributed by atoms with Crippen LogP contribution < -0.4 is 9.64 Å². The van der Waals surface area contributed by atoms with Crippen LogP contribution in [0.1, 0.15) is 10.5 Å². The predicted octanol–water partition coefficient (Wildman–Crippen LogP) is 3.52. The fourth-order valence-corrected chi connectivity index (χ4v) is 2.81. The molecule has 24 heavy (non-hydrogen) atoms. The Bertz CT molecular complexity index is 847.